The van der Waals surface area contributed by atoms with E-state index in [0.29, 0.717) is 10.9 Å². The second kappa shape index (κ2) is 4.33. The third-order valence-electron chi connectivity index (χ3n) is 2.16. The van der Waals surface area contributed by atoms with E-state index in [2.05, 4.69) is 30.1 Å². The van der Waals surface area contributed by atoms with Crippen molar-refractivity contribution in [3.63, 3.8) is 0 Å². The summed E-state index contributed by atoms with van der Waals surface area (Å²) in [6.07, 6.45) is 0. The highest BCUT2D eigenvalue weighted by atomic mass is 32.1. The monoisotopic (exact) mass is 249 g/mol. The SMILES string of the molecule is CC(C)(C)c1nsc(Oc2ccc(N)cc2)n1. The molecule has 0 spiro atoms. The lowest BCUT2D eigenvalue weighted by molar-refractivity contribution is 0.468. The van der Waals surface area contributed by atoms with Gasteiger partial charge in [-0.15, -0.1) is 0 Å². The maximum atomic E-state index is 5.60. The first-order chi connectivity index (χ1) is 7.95. The van der Waals surface area contributed by atoms with Crippen molar-refractivity contribution in [2.45, 2.75) is 26.2 Å². The standard InChI is InChI=1S/C12H15N3OS/c1-12(2,3)10-14-11(17-15-10)16-9-6-4-8(13)5-7-9/h4-7H,13H2,1-3H3. The van der Waals surface area contributed by atoms with Gasteiger partial charge in [0.1, 0.15) is 5.75 Å². The molecule has 0 aliphatic rings. The van der Waals surface area contributed by atoms with Crippen LogP contribution in [0.5, 0.6) is 10.9 Å². The van der Waals surface area contributed by atoms with E-state index in [0.717, 1.165) is 11.6 Å². The van der Waals surface area contributed by atoms with Crippen LogP contribution < -0.4 is 10.5 Å². The van der Waals surface area contributed by atoms with Crippen LogP contribution in [0.3, 0.4) is 0 Å². The van der Waals surface area contributed by atoms with Gasteiger partial charge in [-0.3, -0.25) is 0 Å². The van der Waals surface area contributed by atoms with Gasteiger partial charge in [0, 0.05) is 22.6 Å². The molecule has 1 aromatic carbocycles. The Kier molecular flexibility index (Phi) is 3.02. The Morgan fingerprint density at radius 2 is 1.82 bits per heavy atom. The van der Waals surface area contributed by atoms with Crippen LogP contribution in [0.25, 0.3) is 0 Å². The number of anilines is 1. The van der Waals surface area contributed by atoms with Gasteiger partial charge in [0.15, 0.2) is 5.82 Å². The summed E-state index contributed by atoms with van der Waals surface area (Å²) >= 11 is 1.26. The van der Waals surface area contributed by atoms with Gasteiger partial charge in [0.25, 0.3) is 5.19 Å². The molecule has 5 heteroatoms. The van der Waals surface area contributed by atoms with Crippen molar-refractivity contribution in [3.05, 3.63) is 30.1 Å². The number of hydrogen-bond donors (Lipinski definition) is 1. The normalized spacial score (nSPS) is 11.5. The maximum absolute atomic E-state index is 5.60. The van der Waals surface area contributed by atoms with Gasteiger partial charge >= 0.3 is 0 Å². The maximum Gasteiger partial charge on any atom is 0.298 e. The molecule has 0 saturated carbocycles. The average Bonchev–Trinajstić information content (AvgIpc) is 2.69. The Labute approximate surface area is 105 Å². The second-order valence-electron chi connectivity index (χ2n) is 4.80. The fraction of sp³-hybridized carbons (Fsp3) is 0.333. The number of nitrogen functional groups attached to an aromatic ring is 1. The highest BCUT2D eigenvalue weighted by molar-refractivity contribution is 7.07. The molecule has 0 amide bonds. The summed E-state index contributed by atoms with van der Waals surface area (Å²) in [5.41, 5.74) is 6.26. The van der Waals surface area contributed by atoms with E-state index in [1.165, 1.54) is 11.5 Å². The van der Waals surface area contributed by atoms with E-state index in [4.69, 9.17) is 10.5 Å². The zero-order valence-corrected chi connectivity index (χ0v) is 10.9. The smallest absolute Gasteiger partial charge is 0.298 e. The zero-order chi connectivity index (χ0) is 12.5. The molecule has 2 aromatic rings. The molecule has 1 heterocycles. The van der Waals surface area contributed by atoms with Gasteiger partial charge in [-0.1, -0.05) is 20.8 Å². The zero-order valence-electron chi connectivity index (χ0n) is 10.1. The van der Waals surface area contributed by atoms with Crippen molar-refractivity contribution < 1.29 is 4.74 Å². The Hall–Kier alpha value is -1.62. The Balaban J connectivity index is 2.14. The minimum Gasteiger partial charge on any atom is -0.430 e. The fourth-order valence-corrected chi connectivity index (χ4v) is 1.93. The van der Waals surface area contributed by atoms with Crippen molar-refractivity contribution in [3.8, 4) is 10.9 Å². The molecule has 0 aliphatic heterocycles. The van der Waals surface area contributed by atoms with E-state index in [1.807, 2.05) is 12.1 Å². The topological polar surface area (TPSA) is 61.0 Å². The van der Waals surface area contributed by atoms with E-state index >= 15 is 0 Å². The minimum absolute atomic E-state index is 0.0563. The molecule has 0 radical (unpaired) electrons. The Bertz CT molecular complexity index is 499. The van der Waals surface area contributed by atoms with Gasteiger partial charge in [0.2, 0.25) is 0 Å². The van der Waals surface area contributed by atoms with Crippen molar-refractivity contribution in [2.75, 3.05) is 5.73 Å². The molecule has 17 heavy (non-hydrogen) atoms. The molecule has 0 atom stereocenters. The van der Waals surface area contributed by atoms with Crippen molar-refractivity contribution in [1.82, 2.24) is 9.36 Å². The van der Waals surface area contributed by atoms with Crippen molar-refractivity contribution in [1.29, 1.82) is 0 Å². The predicted molar refractivity (Wildman–Crippen MR) is 69.5 cm³/mol. The lowest BCUT2D eigenvalue weighted by Crippen LogP contribution is -2.12. The van der Waals surface area contributed by atoms with Crippen LogP contribution in [0.1, 0.15) is 26.6 Å². The molecule has 0 saturated heterocycles. The number of aromatic nitrogens is 2. The van der Waals surface area contributed by atoms with Crippen LogP contribution in [-0.4, -0.2) is 9.36 Å². The first-order valence-corrected chi connectivity index (χ1v) is 6.10. The number of hydrogen-bond acceptors (Lipinski definition) is 5. The molecule has 0 aliphatic carbocycles. The van der Waals surface area contributed by atoms with Crippen molar-refractivity contribution in [2.24, 2.45) is 0 Å². The van der Waals surface area contributed by atoms with Gasteiger partial charge in [0.05, 0.1) is 0 Å². The molecule has 2 N–H and O–H groups in total. The van der Waals surface area contributed by atoms with Gasteiger partial charge in [-0.2, -0.15) is 9.36 Å². The summed E-state index contributed by atoms with van der Waals surface area (Å²) < 4.78 is 9.88. The third-order valence-corrected chi connectivity index (χ3v) is 2.76. The van der Waals surface area contributed by atoms with Crippen LogP contribution in [-0.2, 0) is 5.41 Å². The van der Waals surface area contributed by atoms with Gasteiger partial charge < -0.3 is 10.5 Å². The van der Waals surface area contributed by atoms with Gasteiger partial charge in [-0.05, 0) is 24.3 Å². The largest absolute Gasteiger partial charge is 0.430 e. The second-order valence-corrected chi connectivity index (χ2v) is 5.52. The van der Waals surface area contributed by atoms with E-state index < -0.39 is 0 Å². The Morgan fingerprint density at radius 1 is 1.18 bits per heavy atom. The molecule has 2 rings (SSSR count). The predicted octanol–water partition coefficient (Wildman–Crippen LogP) is 3.21. The van der Waals surface area contributed by atoms with Gasteiger partial charge in [-0.25, -0.2) is 0 Å². The van der Waals surface area contributed by atoms with Crippen LogP contribution in [0, 0.1) is 0 Å². The Morgan fingerprint density at radius 3 is 2.35 bits per heavy atom. The number of nitrogens with zero attached hydrogens (tertiary/aromatic N) is 2. The molecule has 1 aromatic heterocycles. The molecule has 0 unspecified atom stereocenters. The van der Waals surface area contributed by atoms with Crippen LogP contribution >= 0.6 is 11.5 Å². The first kappa shape index (κ1) is 11.9. The summed E-state index contributed by atoms with van der Waals surface area (Å²) in [7, 11) is 0. The average molecular weight is 249 g/mol. The fourth-order valence-electron chi connectivity index (χ4n) is 1.19. The lowest BCUT2D eigenvalue weighted by atomic mass is 9.96. The quantitative estimate of drug-likeness (QED) is 0.830. The van der Waals surface area contributed by atoms with Crippen LogP contribution in [0.2, 0.25) is 0 Å². The molecular weight excluding hydrogens is 234 g/mol. The summed E-state index contributed by atoms with van der Waals surface area (Å²) in [4.78, 5) is 4.35. The third kappa shape index (κ3) is 2.94. The molecular formula is C12H15N3OS. The van der Waals surface area contributed by atoms with E-state index in [1.54, 1.807) is 12.1 Å². The number of ether oxygens (including phenoxy) is 1. The molecule has 0 fully saturated rings. The number of benzene rings is 1. The summed E-state index contributed by atoms with van der Waals surface area (Å²) in [5, 5.41) is 0.555. The highest BCUT2D eigenvalue weighted by Gasteiger charge is 2.20. The minimum atomic E-state index is -0.0563. The molecule has 0 bridgehead atoms. The van der Waals surface area contributed by atoms with Crippen LogP contribution in [0.15, 0.2) is 24.3 Å². The molecule has 4 nitrogen and oxygen atoms in total. The summed E-state index contributed by atoms with van der Waals surface area (Å²) in [6.45, 7) is 6.21. The van der Waals surface area contributed by atoms with Crippen molar-refractivity contribution >= 4 is 17.2 Å². The van der Waals surface area contributed by atoms with Crippen LogP contribution in [0.4, 0.5) is 5.69 Å². The highest BCUT2D eigenvalue weighted by Crippen LogP contribution is 2.28. The lowest BCUT2D eigenvalue weighted by Gasteiger charge is -2.11. The first-order valence-electron chi connectivity index (χ1n) is 5.33. The van der Waals surface area contributed by atoms with E-state index in [9.17, 15) is 0 Å². The summed E-state index contributed by atoms with van der Waals surface area (Å²) in [5.74, 6) is 1.52. The molecule has 90 valence electrons. The summed E-state index contributed by atoms with van der Waals surface area (Å²) in [6, 6.07) is 7.21. The number of nitrogens with two attached hydrogens (primary N) is 1. The van der Waals surface area contributed by atoms with E-state index in [-0.39, 0.29) is 5.41 Å². The number of rotatable bonds is 2.